The van der Waals surface area contributed by atoms with Crippen LogP contribution in [0.5, 0.6) is 17.2 Å². The molecule has 4 aromatic rings. The number of aromatic nitrogens is 1. The summed E-state index contributed by atoms with van der Waals surface area (Å²) in [5.41, 5.74) is 1.54. The number of ether oxygens (including phenoxy) is 2. The number of aliphatic hydroxyl groups is 8. The van der Waals surface area contributed by atoms with Gasteiger partial charge in [-0.05, 0) is 93.2 Å². The first-order valence-electron chi connectivity index (χ1n) is 30.7. The molecule has 0 bridgehead atoms. The van der Waals surface area contributed by atoms with E-state index in [9.17, 15) is 93.2 Å². The average molecular weight is 1340 g/mol. The number of benzene rings is 3. The van der Waals surface area contributed by atoms with Gasteiger partial charge < -0.3 is 106 Å². The highest BCUT2D eigenvalue weighted by Crippen LogP contribution is 2.41. The van der Waals surface area contributed by atoms with Gasteiger partial charge in [-0.3, -0.25) is 47.2 Å². The fourth-order valence-electron chi connectivity index (χ4n) is 11.1. The lowest BCUT2D eigenvalue weighted by Crippen LogP contribution is -2.64. The van der Waals surface area contributed by atoms with Crippen LogP contribution in [-0.2, 0) is 39.9 Å². The third-order valence-corrected chi connectivity index (χ3v) is 16.7. The van der Waals surface area contributed by atoms with Crippen LogP contribution in [0.4, 0.5) is 0 Å². The standard InChI is InChI=1S/C61H85N9O23S/c1-32-28-70-53(54(32)79)59(84)63-27-39(74)24-43(64-55(80)37-11-9-35(10-12-37)42-26-48(92-68-42)36-13-15-41(16-14-36)91-21-7-5-4-6-20-90-3)56(81)65-50(33(2)73)60(85)69-29-40(75)25-44(69)57(82)66-51(47(78)22-34-8-17-45(76)49(23-34)93-94(87,88)89)58(83)67-52(61(70)86)46(77)18-19-62-38(30-71)31-72/h8-17,23,26,32-33,38-40,43-44,46-47,50-54,62,71-79,87-89H,4-7,18-22,24-25,27-31H2,1-3H3,(H,63,84)(H,64,80)(H,65,81)(H,66,82)(H,67,83)/t32-,33+,39+,40+,43?,44-,46+,47+,50-,51-,52-,53-,54-/m0/s1. The maximum Gasteiger partial charge on any atom is 0.266 e. The van der Waals surface area contributed by atoms with Crippen molar-refractivity contribution >= 4 is 52.5 Å². The summed E-state index contributed by atoms with van der Waals surface area (Å²) in [6.45, 7) is 0.764. The Morgan fingerprint density at radius 3 is 2.05 bits per heavy atom. The zero-order valence-corrected chi connectivity index (χ0v) is 52.7. The largest absolute Gasteiger partial charge is 0.504 e. The molecule has 7 amide bonds. The van der Waals surface area contributed by atoms with Gasteiger partial charge in [-0.1, -0.05) is 36.7 Å². The Morgan fingerprint density at radius 1 is 0.745 bits per heavy atom. The summed E-state index contributed by atoms with van der Waals surface area (Å²) >= 11 is -4.74. The van der Waals surface area contributed by atoms with E-state index in [1.807, 2.05) is 24.3 Å². The molecule has 0 spiro atoms. The van der Waals surface area contributed by atoms with Gasteiger partial charge in [0.1, 0.15) is 47.7 Å². The second-order valence-electron chi connectivity index (χ2n) is 23.6. The van der Waals surface area contributed by atoms with Crippen LogP contribution in [0.1, 0.15) is 74.7 Å². The van der Waals surface area contributed by atoms with Crippen LogP contribution in [0.15, 0.2) is 77.3 Å². The smallest absolute Gasteiger partial charge is 0.266 e. The molecule has 3 fully saturated rings. The van der Waals surface area contributed by atoms with E-state index < -0.39 is 207 Å². The Kier molecular flexibility index (Phi) is 26.8. The first-order chi connectivity index (χ1) is 44.7. The summed E-state index contributed by atoms with van der Waals surface area (Å²) in [5.74, 6) is -9.44. The van der Waals surface area contributed by atoms with E-state index in [1.54, 1.807) is 25.3 Å². The lowest BCUT2D eigenvalue weighted by molar-refractivity contribution is -0.147. The Balaban J connectivity index is 1.18. The summed E-state index contributed by atoms with van der Waals surface area (Å²) < 4.78 is 50.0. The number of aromatic hydroxyl groups is 1. The van der Waals surface area contributed by atoms with Crippen LogP contribution >= 0.6 is 11.2 Å². The molecule has 518 valence electrons. The van der Waals surface area contributed by atoms with Gasteiger partial charge in [-0.25, -0.2) is 0 Å². The number of aliphatic hydroxyl groups excluding tert-OH is 8. The second-order valence-corrected chi connectivity index (χ2v) is 24.7. The molecule has 1 aromatic heterocycles. The van der Waals surface area contributed by atoms with Crippen LogP contribution < -0.4 is 40.8 Å². The zero-order chi connectivity index (χ0) is 68.6. The van der Waals surface area contributed by atoms with E-state index in [2.05, 4.69) is 41.2 Å². The number of hydrogen-bond acceptors (Lipinski definition) is 25. The van der Waals surface area contributed by atoms with Crippen molar-refractivity contribution in [3.8, 4) is 39.8 Å². The number of rotatable bonds is 25. The number of carbonyl (C=O) groups excluding carboxylic acids is 7. The van der Waals surface area contributed by atoms with Crippen molar-refractivity contribution in [3.05, 3.63) is 83.9 Å². The number of amides is 7. The van der Waals surface area contributed by atoms with Crippen molar-refractivity contribution in [1.82, 2.24) is 46.9 Å². The van der Waals surface area contributed by atoms with E-state index in [1.165, 1.54) is 19.1 Å². The van der Waals surface area contributed by atoms with Gasteiger partial charge in [0.05, 0.1) is 62.5 Å². The number of nitrogens with one attached hydrogen (secondary N) is 6. The Hall–Kier alpha value is -7.61. The van der Waals surface area contributed by atoms with Crippen molar-refractivity contribution in [2.45, 2.75) is 144 Å². The minimum Gasteiger partial charge on any atom is -0.504 e. The maximum absolute atomic E-state index is 14.9. The lowest BCUT2D eigenvalue weighted by Gasteiger charge is -2.34. The highest BCUT2D eigenvalue weighted by molar-refractivity contribution is 8.15. The van der Waals surface area contributed by atoms with E-state index in [0.717, 1.165) is 67.2 Å². The molecule has 13 atom stereocenters. The van der Waals surface area contributed by atoms with Crippen LogP contribution in [0, 0.1) is 5.92 Å². The Morgan fingerprint density at radius 2 is 1.39 bits per heavy atom. The molecule has 7 rings (SSSR count). The van der Waals surface area contributed by atoms with Crippen molar-refractivity contribution in [1.29, 1.82) is 0 Å². The predicted octanol–water partition coefficient (Wildman–Crippen LogP) is -1.90. The van der Waals surface area contributed by atoms with Gasteiger partial charge in [-0.2, -0.15) is 0 Å². The monoisotopic (exact) mass is 1340 g/mol. The Labute approximate surface area is 542 Å². The molecule has 18 N–H and O–H groups in total. The molecule has 0 aliphatic carbocycles. The number of hydrogen-bond donors (Lipinski definition) is 18. The molecular weight excluding hydrogens is 1260 g/mol. The first kappa shape index (κ1) is 73.8. The minimum atomic E-state index is -4.74. The van der Waals surface area contributed by atoms with Crippen molar-refractivity contribution in [3.63, 3.8) is 0 Å². The number of phenolic OH excluding ortho intramolecular Hbond substituents is 1. The van der Waals surface area contributed by atoms with E-state index >= 15 is 0 Å². The summed E-state index contributed by atoms with van der Waals surface area (Å²) in [5, 5.41) is 118. The fourth-order valence-corrected chi connectivity index (χ4v) is 11.5. The second kappa shape index (κ2) is 34.2. The topological polar surface area (TPSA) is 495 Å². The number of methoxy groups -OCH3 is 1. The van der Waals surface area contributed by atoms with Crippen LogP contribution in [-0.4, -0.2) is 255 Å². The van der Waals surface area contributed by atoms with Crippen molar-refractivity contribution < 1.29 is 111 Å². The van der Waals surface area contributed by atoms with Gasteiger partial charge in [0.2, 0.25) is 35.4 Å². The van der Waals surface area contributed by atoms with Crippen LogP contribution in [0.25, 0.3) is 22.6 Å². The van der Waals surface area contributed by atoms with E-state index in [-0.39, 0.29) is 17.7 Å². The molecule has 3 aromatic carbocycles. The fraction of sp³-hybridized carbons (Fsp3) is 0.541. The van der Waals surface area contributed by atoms with Gasteiger partial charge >= 0.3 is 0 Å². The maximum atomic E-state index is 14.9. The highest BCUT2D eigenvalue weighted by Gasteiger charge is 2.50. The van der Waals surface area contributed by atoms with Crippen LogP contribution in [0.3, 0.4) is 0 Å². The van der Waals surface area contributed by atoms with Crippen LogP contribution in [0.2, 0.25) is 0 Å². The third kappa shape index (κ3) is 20.0. The number of carbonyl (C=O) groups is 7. The quantitative estimate of drug-likeness (QED) is 0.0322. The number of fused-ring (bicyclic) bond motifs is 2. The first-order valence-corrected chi connectivity index (χ1v) is 32.1. The summed E-state index contributed by atoms with van der Waals surface area (Å²) in [7, 11) is 1.67. The molecule has 94 heavy (non-hydrogen) atoms. The summed E-state index contributed by atoms with van der Waals surface area (Å²) in [4.78, 5) is 104. The molecule has 3 aliphatic rings. The number of nitrogens with zero attached hydrogens (tertiary/aromatic N) is 3. The molecule has 3 aliphatic heterocycles. The average Bonchev–Trinajstić information content (AvgIpc) is 1.61. The molecule has 1 unspecified atom stereocenters. The van der Waals surface area contributed by atoms with Crippen molar-refractivity contribution in [2.24, 2.45) is 5.92 Å². The molecule has 0 saturated carbocycles. The van der Waals surface area contributed by atoms with E-state index in [0.29, 0.717) is 34.9 Å². The molecular formula is C61H85N9O23S. The summed E-state index contributed by atoms with van der Waals surface area (Å²) in [6.07, 6.45) is -9.18. The molecule has 32 nitrogen and oxygen atoms in total. The van der Waals surface area contributed by atoms with Gasteiger partial charge in [0.25, 0.3) is 17.1 Å². The van der Waals surface area contributed by atoms with Gasteiger partial charge in [-0.15, -0.1) is 0 Å². The molecule has 33 heteroatoms. The molecule has 3 saturated heterocycles. The number of β-amino-alcohol motifs (C(OH)–C–C–N with tert-alkyl or cyclic N) is 1. The lowest BCUT2D eigenvalue weighted by atomic mass is 9.98. The number of unbranched alkanes of at least 4 members (excludes halogenated alkanes) is 3. The number of phenols is 1. The van der Waals surface area contributed by atoms with Crippen molar-refractivity contribution in [2.75, 3.05) is 59.7 Å². The minimum absolute atomic E-state index is 0.0207. The van der Waals surface area contributed by atoms with Gasteiger partial charge in [0, 0.05) is 81.3 Å². The zero-order valence-electron chi connectivity index (χ0n) is 51.9. The van der Waals surface area contributed by atoms with E-state index in [4.69, 9.17) is 14.0 Å². The SMILES string of the molecule is COCCCCCCOc1ccc(-c2cc(-c3ccc(C(=O)NC4C[C@@H](O)CNC(=O)[C@@H]5[C@@H](O)[C@@H](C)CN5C(=O)[C@H]([C@H](O)CCNC(CO)CO)NC(=O)[C@H]([C@H](O)Cc5ccc(O)c(OS(O)(O)O)c5)NC(=O)[C@@H]5C[C@@H](O)CN5C(=O)[C@H]([C@@H](C)O)NC4=O)cc3)no2)cc1. The normalized spacial score (nSPS) is 24.8. The van der Waals surface area contributed by atoms with Gasteiger partial charge in [0.15, 0.2) is 17.3 Å². The summed E-state index contributed by atoms with van der Waals surface area (Å²) in [6, 6.07) is 5.32. The predicted molar refractivity (Wildman–Crippen MR) is 333 cm³/mol. The third-order valence-electron chi connectivity index (χ3n) is 16.3. The highest BCUT2D eigenvalue weighted by atomic mass is 32.3. The molecule has 0 radical (unpaired) electrons. The Bertz CT molecular complexity index is 3190. The molecule has 4 heterocycles.